The SMILES string of the molecule is CCc1cc(-c2ccc(Cl)cc2)sc1C(C)=O. The zero-order valence-electron chi connectivity index (χ0n) is 9.79. The van der Waals surface area contributed by atoms with E-state index in [2.05, 4.69) is 13.0 Å². The second-order valence-electron chi connectivity index (χ2n) is 3.88. The Hall–Kier alpha value is -1.12. The van der Waals surface area contributed by atoms with Crippen molar-refractivity contribution in [3.8, 4) is 10.4 Å². The molecule has 0 aliphatic heterocycles. The van der Waals surface area contributed by atoms with Crippen LogP contribution in [0.4, 0.5) is 0 Å². The number of thiophene rings is 1. The van der Waals surface area contributed by atoms with Crippen molar-refractivity contribution < 1.29 is 4.79 Å². The van der Waals surface area contributed by atoms with Crippen molar-refractivity contribution in [2.75, 3.05) is 0 Å². The van der Waals surface area contributed by atoms with E-state index in [9.17, 15) is 4.79 Å². The van der Waals surface area contributed by atoms with Gasteiger partial charge in [0.2, 0.25) is 0 Å². The highest BCUT2D eigenvalue weighted by molar-refractivity contribution is 7.17. The number of hydrogen-bond donors (Lipinski definition) is 0. The fourth-order valence-corrected chi connectivity index (χ4v) is 3.02. The van der Waals surface area contributed by atoms with Crippen LogP contribution in [-0.4, -0.2) is 5.78 Å². The fraction of sp³-hybridized carbons (Fsp3) is 0.214. The molecule has 0 aliphatic rings. The summed E-state index contributed by atoms with van der Waals surface area (Å²) in [5.74, 6) is 0.145. The second-order valence-corrected chi connectivity index (χ2v) is 5.37. The maximum absolute atomic E-state index is 11.5. The Balaban J connectivity index is 2.46. The van der Waals surface area contributed by atoms with Gasteiger partial charge in [0.25, 0.3) is 0 Å². The Morgan fingerprint density at radius 1 is 1.29 bits per heavy atom. The molecule has 17 heavy (non-hydrogen) atoms. The number of aryl methyl sites for hydroxylation is 1. The summed E-state index contributed by atoms with van der Waals surface area (Å²) in [4.78, 5) is 13.5. The highest BCUT2D eigenvalue weighted by Gasteiger charge is 2.12. The largest absolute Gasteiger partial charge is 0.294 e. The van der Waals surface area contributed by atoms with E-state index < -0.39 is 0 Å². The van der Waals surface area contributed by atoms with Gasteiger partial charge in [-0.2, -0.15) is 0 Å². The quantitative estimate of drug-likeness (QED) is 0.726. The first kappa shape index (κ1) is 12.3. The van der Waals surface area contributed by atoms with Crippen molar-refractivity contribution in [1.29, 1.82) is 0 Å². The molecule has 0 saturated carbocycles. The minimum Gasteiger partial charge on any atom is -0.294 e. The van der Waals surface area contributed by atoms with E-state index in [-0.39, 0.29) is 5.78 Å². The molecule has 3 heteroatoms. The van der Waals surface area contributed by atoms with Gasteiger partial charge in [0.05, 0.1) is 4.88 Å². The number of Topliss-reactive ketones (excluding diaryl/α,β-unsaturated/α-hetero) is 1. The number of ketones is 1. The molecule has 0 unspecified atom stereocenters. The monoisotopic (exact) mass is 264 g/mol. The standard InChI is InChI=1S/C14H13ClOS/c1-3-10-8-13(17-14(10)9(2)16)11-4-6-12(15)7-5-11/h4-8H,3H2,1-2H3. The lowest BCUT2D eigenvalue weighted by Crippen LogP contribution is -1.91. The van der Waals surface area contributed by atoms with Crippen LogP contribution in [0, 0.1) is 0 Å². The third-order valence-corrected chi connectivity index (χ3v) is 4.22. The number of carbonyl (C=O) groups excluding carboxylic acids is 1. The lowest BCUT2D eigenvalue weighted by molar-refractivity contribution is 0.102. The average molecular weight is 265 g/mol. The molecule has 1 aromatic heterocycles. The molecule has 0 atom stereocenters. The van der Waals surface area contributed by atoms with Gasteiger partial charge in [0.15, 0.2) is 5.78 Å². The number of hydrogen-bond acceptors (Lipinski definition) is 2. The van der Waals surface area contributed by atoms with Gasteiger partial charge in [-0.25, -0.2) is 0 Å². The Kier molecular flexibility index (Phi) is 3.65. The molecule has 0 bridgehead atoms. The summed E-state index contributed by atoms with van der Waals surface area (Å²) < 4.78 is 0. The Morgan fingerprint density at radius 3 is 2.41 bits per heavy atom. The number of benzene rings is 1. The molecule has 2 rings (SSSR count). The van der Waals surface area contributed by atoms with Crippen LogP contribution in [0.5, 0.6) is 0 Å². The van der Waals surface area contributed by atoms with Gasteiger partial charge in [-0.3, -0.25) is 4.79 Å². The second kappa shape index (κ2) is 5.03. The van der Waals surface area contributed by atoms with Crippen LogP contribution >= 0.6 is 22.9 Å². The highest BCUT2D eigenvalue weighted by Crippen LogP contribution is 2.32. The molecule has 1 heterocycles. The van der Waals surface area contributed by atoms with Gasteiger partial charge in [0.1, 0.15) is 0 Å². The van der Waals surface area contributed by atoms with Crippen molar-refractivity contribution in [3.63, 3.8) is 0 Å². The Morgan fingerprint density at radius 2 is 1.94 bits per heavy atom. The maximum atomic E-state index is 11.5. The summed E-state index contributed by atoms with van der Waals surface area (Å²) in [7, 11) is 0. The highest BCUT2D eigenvalue weighted by atomic mass is 35.5. The lowest BCUT2D eigenvalue weighted by atomic mass is 10.1. The van der Waals surface area contributed by atoms with Gasteiger partial charge >= 0.3 is 0 Å². The van der Waals surface area contributed by atoms with Crippen molar-refractivity contribution in [2.24, 2.45) is 0 Å². The van der Waals surface area contributed by atoms with Crippen LogP contribution in [0.1, 0.15) is 29.1 Å². The zero-order valence-corrected chi connectivity index (χ0v) is 11.4. The van der Waals surface area contributed by atoms with Crippen molar-refractivity contribution >= 4 is 28.7 Å². The molecule has 2 aromatic rings. The molecular formula is C14H13ClOS. The molecule has 0 radical (unpaired) electrons. The van der Waals surface area contributed by atoms with Crippen LogP contribution in [0.2, 0.25) is 5.02 Å². The van der Waals surface area contributed by atoms with Crippen molar-refractivity contribution in [3.05, 3.63) is 45.8 Å². The smallest absolute Gasteiger partial charge is 0.170 e. The van der Waals surface area contributed by atoms with Crippen LogP contribution in [0.3, 0.4) is 0 Å². The first-order chi connectivity index (χ1) is 8.11. The molecule has 0 N–H and O–H groups in total. The first-order valence-electron chi connectivity index (χ1n) is 5.51. The molecule has 0 aliphatic carbocycles. The van der Waals surface area contributed by atoms with E-state index >= 15 is 0 Å². The Labute approximate surface area is 110 Å². The number of rotatable bonds is 3. The summed E-state index contributed by atoms with van der Waals surface area (Å²) in [6.07, 6.45) is 0.888. The van der Waals surface area contributed by atoms with Crippen molar-refractivity contribution in [1.82, 2.24) is 0 Å². The summed E-state index contributed by atoms with van der Waals surface area (Å²) in [6.45, 7) is 3.69. The third kappa shape index (κ3) is 2.59. The number of halogens is 1. The van der Waals surface area contributed by atoms with Crippen LogP contribution in [0.25, 0.3) is 10.4 Å². The third-order valence-electron chi connectivity index (χ3n) is 2.64. The van der Waals surface area contributed by atoms with Gasteiger partial charge in [0, 0.05) is 9.90 Å². The van der Waals surface area contributed by atoms with Gasteiger partial charge in [-0.05, 0) is 42.7 Å². The average Bonchev–Trinajstić information content (AvgIpc) is 2.74. The fourth-order valence-electron chi connectivity index (χ4n) is 1.75. The molecule has 0 spiro atoms. The molecule has 1 nitrogen and oxygen atoms in total. The normalized spacial score (nSPS) is 10.5. The van der Waals surface area contributed by atoms with E-state index in [4.69, 9.17) is 11.6 Å². The van der Waals surface area contributed by atoms with E-state index in [1.165, 1.54) is 0 Å². The van der Waals surface area contributed by atoms with Crippen LogP contribution in [0.15, 0.2) is 30.3 Å². The predicted octanol–water partition coefficient (Wildman–Crippen LogP) is 4.83. The molecule has 0 saturated heterocycles. The Bertz CT molecular complexity index is 540. The number of carbonyl (C=O) groups is 1. The molecular weight excluding hydrogens is 252 g/mol. The minimum atomic E-state index is 0.145. The van der Waals surface area contributed by atoms with E-state index in [1.54, 1.807) is 18.3 Å². The lowest BCUT2D eigenvalue weighted by Gasteiger charge is -1.96. The van der Waals surface area contributed by atoms with Crippen molar-refractivity contribution in [2.45, 2.75) is 20.3 Å². The summed E-state index contributed by atoms with van der Waals surface area (Å²) in [5.41, 5.74) is 2.24. The van der Waals surface area contributed by atoms with Crippen LogP contribution < -0.4 is 0 Å². The summed E-state index contributed by atoms with van der Waals surface area (Å²) >= 11 is 7.42. The predicted molar refractivity (Wildman–Crippen MR) is 74.1 cm³/mol. The van der Waals surface area contributed by atoms with Gasteiger partial charge < -0.3 is 0 Å². The van der Waals surface area contributed by atoms with Gasteiger partial charge in [-0.1, -0.05) is 30.7 Å². The van der Waals surface area contributed by atoms with E-state index in [0.717, 1.165) is 32.3 Å². The maximum Gasteiger partial charge on any atom is 0.170 e. The minimum absolute atomic E-state index is 0.145. The summed E-state index contributed by atoms with van der Waals surface area (Å²) in [5, 5.41) is 0.729. The van der Waals surface area contributed by atoms with E-state index in [0.29, 0.717) is 0 Å². The van der Waals surface area contributed by atoms with Gasteiger partial charge in [-0.15, -0.1) is 11.3 Å². The molecule has 0 amide bonds. The van der Waals surface area contributed by atoms with E-state index in [1.807, 2.05) is 24.3 Å². The zero-order chi connectivity index (χ0) is 12.4. The molecule has 0 fully saturated rings. The first-order valence-corrected chi connectivity index (χ1v) is 6.71. The molecule has 88 valence electrons. The summed E-state index contributed by atoms with van der Waals surface area (Å²) in [6, 6.07) is 9.81. The van der Waals surface area contributed by atoms with Crippen LogP contribution in [-0.2, 0) is 6.42 Å². The molecule has 1 aromatic carbocycles. The topological polar surface area (TPSA) is 17.1 Å².